The molecule has 18 heavy (non-hydrogen) atoms. The van der Waals surface area contributed by atoms with Gasteiger partial charge in [0.15, 0.2) is 0 Å². The van der Waals surface area contributed by atoms with E-state index >= 15 is 0 Å². The quantitative estimate of drug-likeness (QED) is 0.602. The van der Waals surface area contributed by atoms with E-state index < -0.39 is 11.7 Å². The molecular formula is C13H28N2O3. The summed E-state index contributed by atoms with van der Waals surface area (Å²) < 4.78 is 5.01. The minimum atomic E-state index is -0.441. The van der Waals surface area contributed by atoms with Crippen LogP contribution in [0.2, 0.25) is 0 Å². The third-order valence-electron chi connectivity index (χ3n) is 1.37. The number of hydrazine groups is 1. The highest BCUT2D eigenvalue weighted by molar-refractivity contribution is 5.66. The molecule has 0 rings (SSSR count). The highest BCUT2D eigenvalue weighted by Crippen LogP contribution is 2.05. The van der Waals surface area contributed by atoms with Crippen molar-refractivity contribution in [2.75, 3.05) is 6.54 Å². The Morgan fingerprint density at radius 2 is 1.67 bits per heavy atom. The largest absolute Gasteiger partial charge is 0.443 e. The molecule has 108 valence electrons. The zero-order valence-corrected chi connectivity index (χ0v) is 12.7. The van der Waals surface area contributed by atoms with Crippen LogP contribution in [0.15, 0.2) is 0 Å². The standard InChI is InChI=1S/C9H20N2O2.C4H8O/c1-7(2)6-10-11-8(12)13-9(3,4)5;1-4(2)3-5/h7,10H,6H2,1-5H3,(H,11,12);3-4H,1-2H3. The molecule has 0 fully saturated rings. The summed E-state index contributed by atoms with van der Waals surface area (Å²) in [6.07, 6.45) is 0.480. The third kappa shape index (κ3) is 20.3. The molecule has 2 N–H and O–H groups in total. The van der Waals surface area contributed by atoms with Gasteiger partial charge in [-0.1, -0.05) is 27.7 Å². The molecule has 0 aromatic rings. The lowest BCUT2D eigenvalue weighted by Gasteiger charge is -2.20. The molecule has 5 heteroatoms. The van der Waals surface area contributed by atoms with E-state index in [9.17, 15) is 9.59 Å². The van der Waals surface area contributed by atoms with E-state index in [1.165, 1.54) is 0 Å². The van der Waals surface area contributed by atoms with Crippen LogP contribution in [0.4, 0.5) is 4.79 Å². The first kappa shape index (κ1) is 19.2. The summed E-state index contributed by atoms with van der Waals surface area (Å²) in [5.74, 6) is 0.699. The van der Waals surface area contributed by atoms with Gasteiger partial charge in [-0.3, -0.25) is 5.43 Å². The van der Waals surface area contributed by atoms with Gasteiger partial charge in [-0.2, -0.15) is 0 Å². The maximum absolute atomic E-state index is 11.0. The van der Waals surface area contributed by atoms with Crippen LogP contribution >= 0.6 is 0 Å². The summed E-state index contributed by atoms with van der Waals surface area (Å²) in [4.78, 5) is 20.5. The number of hydrogen-bond acceptors (Lipinski definition) is 4. The minimum absolute atomic E-state index is 0.204. The minimum Gasteiger partial charge on any atom is -0.443 e. The summed E-state index contributed by atoms with van der Waals surface area (Å²) in [6.45, 7) is 14.0. The van der Waals surface area contributed by atoms with Crippen molar-refractivity contribution < 1.29 is 14.3 Å². The zero-order chi connectivity index (χ0) is 14.8. The zero-order valence-electron chi connectivity index (χ0n) is 12.7. The number of amides is 1. The lowest BCUT2D eigenvalue weighted by molar-refractivity contribution is -0.110. The lowest BCUT2D eigenvalue weighted by atomic mass is 10.2. The molecule has 0 aromatic heterocycles. The lowest BCUT2D eigenvalue weighted by Crippen LogP contribution is -2.42. The Kier molecular flexibility index (Phi) is 10.6. The van der Waals surface area contributed by atoms with Gasteiger partial charge < -0.3 is 9.53 Å². The van der Waals surface area contributed by atoms with Gasteiger partial charge in [-0.15, -0.1) is 0 Å². The topological polar surface area (TPSA) is 67.4 Å². The predicted octanol–water partition coefficient (Wildman–Crippen LogP) is 2.51. The monoisotopic (exact) mass is 260 g/mol. The fourth-order valence-electron chi connectivity index (χ4n) is 0.631. The summed E-state index contributed by atoms with van der Waals surface area (Å²) in [5.41, 5.74) is 4.80. The van der Waals surface area contributed by atoms with Gasteiger partial charge >= 0.3 is 6.09 Å². The molecule has 0 atom stereocenters. The summed E-state index contributed by atoms with van der Waals surface area (Å²) in [6, 6.07) is 0. The fourth-order valence-corrected chi connectivity index (χ4v) is 0.631. The SMILES string of the molecule is CC(C)C=O.CC(C)CNNC(=O)OC(C)(C)C. The van der Waals surface area contributed by atoms with Crippen molar-refractivity contribution in [3.63, 3.8) is 0 Å². The van der Waals surface area contributed by atoms with E-state index in [1.54, 1.807) is 0 Å². The summed E-state index contributed by atoms with van der Waals surface area (Å²) in [7, 11) is 0. The molecule has 0 heterocycles. The molecular weight excluding hydrogens is 232 g/mol. The average molecular weight is 260 g/mol. The Hall–Kier alpha value is -1.10. The van der Waals surface area contributed by atoms with Gasteiger partial charge in [-0.25, -0.2) is 10.2 Å². The fraction of sp³-hybridized carbons (Fsp3) is 0.846. The van der Waals surface area contributed by atoms with E-state index in [-0.39, 0.29) is 5.92 Å². The van der Waals surface area contributed by atoms with Crippen LogP contribution in [0.25, 0.3) is 0 Å². The Morgan fingerprint density at radius 3 is 1.94 bits per heavy atom. The molecule has 5 nitrogen and oxygen atoms in total. The van der Waals surface area contributed by atoms with Crippen LogP contribution in [0.3, 0.4) is 0 Å². The van der Waals surface area contributed by atoms with E-state index in [1.807, 2.05) is 34.6 Å². The molecule has 1 amide bonds. The van der Waals surface area contributed by atoms with Crippen molar-refractivity contribution in [3.05, 3.63) is 0 Å². The number of nitrogens with one attached hydrogen (secondary N) is 2. The van der Waals surface area contributed by atoms with Crippen LogP contribution in [0.1, 0.15) is 48.5 Å². The van der Waals surface area contributed by atoms with Gasteiger partial charge in [-0.05, 0) is 26.7 Å². The summed E-state index contributed by atoms with van der Waals surface area (Å²) in [5, 5.41) is 0. The number of hydrogen-bond donors (Lipinski definition) is 2. The Morgan fingerprint density at radius 1 is 1.22 bits per heavy atom. The highest BCUT2D eigenvalue weighted by Gasteiger charge is 2.15. The third-order valence-corrected chi connectivity index (χ3v) is 1.37. The van der Waals surface area contributed by atoms with Crippen molar-refractivity contribution in [2.45, 2.75) is 54.1 Å². The van der Waals surface area contributed by atoms with E-state index in [0.29, 0.717) is 5.92 Å². The molecule has 0 aliphatic rings. The van der Waals surface area contributed by atoms with Crippen LogP contribution < -0.4 is 10.9 Å². The molecule has 0 aliphatic heterocycles. The maximum atomic E-state index is 11.0. The number of carbonyl (C=O) groups excluding carboxylic acids is 2. The second kappa shape index (κ2) is 9.88. The molecule has 0 aliphatic carbocycles. The first-order chi connectivity index (χ1) is 8.08. The van der Waals surface area contributed by atoms with E-state index in [2.05, 4.69) is 24.7 Å². The van der Waals surface area contributed by atoms with Gasteiger partial charge in [0.25, 0.3) is 0 Å². The number of aldehydes is 1. The molecule has 0 spiro atoms. The first-order valence-electron chi connectivity index (χ1n) is 6.25. The van der Waals surface area contributed by atoms with Crippen molar-refractivity contribution in [1.29, 1.82) is 0 Å². The van der Waals surface area contributed by atoms with E-state index in [4.69, 9.17) is 4.74 Å². The Balaban J connectivity index is 0. The summed E-state index contributed by atoms with van der Waals surface area (Å²) >= 11 is 0. The van der Waals surface area contributed by atoms with E-state index in [0.717, 1.165) is 12.8 Å². The second-order valence-corrected chi connectivity index (χ2v) is 5.78. The van der Waals surface area contributed by atoms with Gasteiger partial charge in [0.1, 0.15) is 11.9 Å². The van der Waals surface area contributed by atoms with Gasteiger partial charge in [0.05, 0.1) is 0 Å². The van der Waals surface area contributed by atoms with Crippen LogP contribution in [0.5, 0.6) is 0 Å². The number of ether oxygens (including phenoxy) is 1. The van der Waals surface area contributed by atoms with Crippen molar-refractivity contribution >= 4 is 12.4 Å². The van der Waals surface area contributed by atoms with Gasteiger partial charge in [0.2, 0.25) is 0 Å². The van der Waals surface area contributed by atoms with Crippen molar-refractivity contribution in [3.8, 4) is 0 Å². The second-order valence-electron chi connectivity index (χ2n) is 5.78. The molecule has 0 saturated heterocycles. The van der Waals surface area contributed by atoms with Gasteiger partial charge in [0, 0.05) is 12.5 Å². The molecule has 0 radical (unpaired) electrons. The van der Waals surface area contributed by atoms with Crippen molar-refractivity contribution in [1.82, 2.24) is 10.9 Å². The normalized spacial score (nSPS) is 10.7. The number of rotatable bonds is 4. The molecule has 0 aromatic carbocycles. The first-order valence-corrected chi connectivity index (χ1v) is 6.25. The smallest absolute Gasteiger partial charge is 0.422 e. The van der Waals surface area contributed by atoms with Crippen LogP contribution in [-0.2, 0) is 9.53 Å². The van der Waals surface area contributed by atoms with Crippen LogP contribution in [0, 0.1) is 11.8 Å². The van der Waals surface area contributed by atoms with Crippen LogP contribution in [-0.4, -0.2) is 24.5 Å². The highest BCUT2D eigenvalue weighted by atomic mass is 16.6. The average Bonchev–Trinajstić information content (AvgIpc) is 2.15. The molecule has 0 unspecified atom stereocenters. The maximum Gasteiger partial charge on any atom is 0.422 e. The van der Waals surface area contributed by atoms with Crippen molar-refractivity contribution in [2.24, 2.45) is 11.8 Å². The number of carbonyl (C=O) groups is 2. The predicted molar refractivity (Wildman–Crippen MR) is 73.1 cm³/mol. The molecule has 0 bridgehead atoms. The Labute approximate surface area is 111 Å². The molecule has 0 saturated carbocycles. The Bertz CT molecular complexity index is 233.